The highest BCUT2D eigenvalue weighted by Gasteiger charge is 2.40. The molecule has 0 aliphatic heterocycles. The van der Waals surface area contributed by atoms with Gasteiger partial charge in [0, 0.05) is 11.3 Å². The molecule has 4 aromatic rings. The van der Waals surface area contributed by atoms with Crippen LogP contribution in [0.5, 0.6) is 0 Å². The average molecular weight is 729 g/mol. The van der Waals surface area contributed by atoms with Gasteiger partial charge in [-0.1, -0.05) is 43.3 Å². The Kier molecular flexibility index (Phi) is 10.8. The van der Waals surface area contributed by atoms with Gasteiger partial charge in [0.05, 0.1) is 44.5 Å². The first-order valence-electron chi connectivity index (χ1n) is 15.2. The summed E-state index contributed by atoms with van der Waals surface area (Å²) in [5.74, 6) is -14.4. The van der Waals surface area contributed by atoms with E-state index in [0.29, 0.717) is 0 Å². The van der Waals surface area contributed by atoms with E-state index in [1.165, 1.54) is 43.3 Å². The van der Waals surface area contributed by atoms with Gasteiger partial charge in [0.15, 0.2) is 0 Å². The normalized spacial score (nSPS) is 11.1. The van der Waals surface area contributed by atoms with E-state index in [1.807, 2.05) is 0 Å². The first-order chi connectivity index (χ1) is 24.8. The van der Waals surface area contributed by atoms with Gasteiger partial charge in [0.25, 0.3) is 0 Å². The minimum absolute atomic E-state index is 0.0599. The van der Waals surface area contributed by atoms with Gasteiger partial charge in [-0.25, -0.2) is 38.4 Å². The fraction of sp³-hybridized carbons (Fsp3) is 0.135. The van der Waals surface area contributed by atoms with E-state index in [1.54, 1.807) is 0 Å². The van der Waals surface area contributed by atoms with Gasteiger partial charge in [-0.3, -0.25) is 0 Å². The molecule has 8 N–H and O–H groups in total. The predicted octanol–water partition coefficient (Wildman–Crippen LogP) is 5.19. The van der Waals surface area contributed by atoms with E-state index >= 15 is 0 Å². The summed E-state index contributed by atoms with van der Waals surface area (Å²) in [4.78, 5) is 97.8. The molecule has 0 aromatic heterocycles. The minimum Gasteiger partial charge on any atom is -0.478 e. The molecular weight excluding hydrogens is 700 g/mol. The van der Waals surface area contributed by atoms with E-state index in [-0.39, 0.29) is 35.1 Å². The van der Waals surface area contributed by atoms with Crippen molar-refractivity contribution in [3.05, 3.63) is 140 Å². The van der Waals surface area contributed by atoms with Crippen molar-refractivity contribution in [1.29, 1.82) is 0 Å². The summed E-state index contributed by atoms with van der Waals surface area (Å²) in [6, 6.07) is 13.3. The Hall–Kier alpha value is -7.36. The second-order valence-corrected chi connectivity index (χ2v) is 11.9. The molecule has 0 spiro atoms. The Bertz CT molecular complexity index is 2100. The number of hydrogen-bond acceptors (Lipinski definition) is 8. The van der Waals surface area contributed by atoms with Gasteiger partial charge < -0.3 is 40.9 Å². The van der Waals surface area contributed by atoms with Gasteiger partial charge in [-0.05, 0) is 71.5 Å². The molecule has 0 aliphatic rings. The summed E-state index contributed by atoms with van der Waals surface area (Å²) in [6.45, 7) is 1.34. The number of carbonyl (C=O) groups is 8. The maximum Gasteiger partial charge on any atom is 0.336 e. The maximum absolute atomic E-state index is 12.7. The molecule has 4 aromatic carbocycles. The average Bonchev–Trinajstić information content (AvgIpc) is 3.10. The first kappa shape index (κ1) is 38.4. The Morgan fingerprint density at radius 2 is 0.792 bits per heavy atom. The molecule has 272 valence electrons. The van der Waals surface area contributed by atoms with Crippen molar-refractivity contribution in [1.82, 2.24) is 0 Å². The highest BCUT2D eigenvalue weighted by atomic mass is 16.4. The summed E-state index contributed by atoms with van der Waals surface area (Å²) < 4.78 is 0. The van der Waals surface area contributed by atoms with E-state index in [9.17, 15) is 79.2 Å². The smallest absolute Gasteiger partial charge is 0.336 e. The van der Waals surface area contributed by atoms with Crippen LogP contribution in [-0.2, 0) is 5.41 Å². The number of hydrogen-bond donors (Lipinski definition) is 8. The van der Waals surface area contributed by atoms with Crippen molar-refractivity contribution in [3.63, 3.8) is 0 Å². The largest absolute Gasteiger partial charge is 0.478 e. The maximum atomic E-state index is 12.7. The summed E-state index contributed by atoms with van der Waals surface area (Å²) in [6.07, 6.45) is -0.670. The van der Waals surface area contributed by atoms with E-state index in [2.05, 4.69) is 0 Å². The lowest BCUT2D eigenvalue weighted by Gasteiger charge is -2.35. The van der Waals surface area contributed by atoms with E-state index in [0.717, 1.165) is 36.4 Å². The lowest BCUT2D eigenvalue weighted by atomic mass is 9.67. The summed E-state index contributed by atoms with van der Waals surface area (Å²) in [5.41, 5.74) is -7.72. The van der Waals surface area contributed by atoms with Crippen molar-refractivity contribution in [2.24, 2.45) is 0 Å². The summed E-state index contributed by atoms with van der Waals surface area (Å²) >= 11 is 0. The molecule has 0 fully saturated rings. The van der Waals surface area contributed by atoms with Crippen molar-refractivity contribution < 1.29 is 79.2 Å². The zero-order valence-electron chi connectivity index (χ0n) is 27.3. The molecule has 16 heteroatoms. The second-order valence-electron chi connectivity index (χ2n) is 11.9. The number of aromatic carboxylic acids is 8. The first-order valence-corrected chi connectivity index (χ1v) is 15.2. The molecule has 53 heavy (non-hydrogen) atoms. The molecule has 0 radical (unpaired) electrons. The van der Waals surface area contributed by atoms with Crippen LogP contribution in [0.1, 0.15) is 131 Å². The molecule has 0 bridgehead atoms. The van der Waals surface area contributed by atoms with Crippen molar-refractivity contribution in [2.45, 2.75) is 31.1 Å². The second kappa shape index (κ2) is 14.9. The SMILES string of the molecule is CC(CCC(c1ccc(C(=O)O)c(C(=O)O)c1)c1ccc(C(=O)O)c(C(=O)O)c1)(c1cccc(C(=O)O)c1C(=O)O)c1cccc(C(=O)O)c1C(=O)O. The van der Waals surface area contributed by atoms with Gasteiger partial charge >= 0.3 is 47.8 Å². The molecule has 0 atom stereocenters. The molecule has 16 nitrogen and oxygen atoms in total. The molecule has 0 heterocycles. The van der Waals surface area contributed by atoms with Gasteiger partial charge in [-0.15, -0.1) is 0 Å². The Balaban J connectivity index is 2.10. The molecule has 0 amide bonds. The van der Waals surface area contributed by atoms with Gasteiger partial charge in [-0.2, -0.15) is 0 Å². The molecule has 0 saturated carbocycles. The third-order valence-electron chi connectivity index (χ3n) is 8.95. The van der Waals surface area contributed by atoms with Crippen LogP contribution in [0, 0.1) is 0 Å². The zero-order valence-corrected chi connectivity index (χ0v) is 27.3. The Morgan fingerprint density at radius 3 is 1.09 bits per heavy atom. The van der Waals surface area contributed by atoms with Crippen LogP contribution in [-0.4, -0.2) is 88.6 Å². The predicted molar refractivity (Wildman–Crippen MR) is 179 cm³/mol. The molecule has 0 saturated heterocycles. The molecule has 0 unspecified atom stereocenters. The summed E-state index contributed by atoms with van der Waals surface area (Å²) in [7, 11) is 0. The molecular formula is C37H28O16. The Morgan fingerprint density at radius 1 is 0.453 bits per heavy atom. The number of carboxylic acids is 8. The highest BCUT2D eigenvalue weighted by Crippen LogP contribution is 2.45. The van der Waals surface area contributed by atoms with E-state index in [4.69, 9.17) is 0 Å². The van der Waals surface area contributed by atoms with Crippen LogP contribution in [0.3, 0.4) is 0 Å². The van der Waals surface area contributed by atoms with Crippen molar-refractivity contribution in [3.8, 4) is 0 Å². The number of benzene rings is 4. The fourth-order valence-corrected chi connectivity index (χ4v) is 6.50. The lowest BCUT2D eigenvalue weighted by molar-refractivity contribution is 0.0646. The minimum atomic E-state index is -1.89. The zero-order chi connectivity index (χ0) is 39.5. The standard InChI is InChI=1S/C37H28O16/c1-37(25-6-2-4-21(31(42)43)27(25)35(50)51,26-7-3-5-22(32(44)45)28(26)36(52)53)13-12-18(16-8-10-19(29(38)39)23(14-16)33(46)47)17-9-11-20(30(40)41)24(15-17)34(48)49/h2-11,14-15,18H,12-13H2,1H3,(H,38,39)(H,40,41)(H,42,43)(H,44,45)(H,46,47)(H,48,49)(H,50,51)(H,52,53). The third kappa shape index (κ3) is 7.41. The lowest BCUT2D eigenvalue weighted by Crippen LogP contribution is -2.31. The third-order valence-corrected chi connectivity index (χ3v) is 8.95. The molecule has 0 aliphatic carbocycles. The van der Waals surface area contributed by atoms with Crippen LogP contribution in [0.2, 0.25) is 0 Å². The van der Waals surface area contributed by atoms with Crippen molar-refractivity contribution >= 4 is 47.8 Å². The van der Waals surface area contributed by atoms with Crippen LogP contribution in [0.25, 0.3) is 0 Å². The quantitative estimate of drug-likeness (QED) is 0.0781. The van der Waals surface area contributed by atoms with Crippen LogP contribution >= 0.6 is 0 Å². The van der Waals surface area contributed by atoms with Gasteiger partial charge in [0.2, 0.25) is 0 Å². The fourth-order valence-electron chi connectivity index (χ4n) is 6.50. The number of carboxylic acid groups (broad SMARTS) is 8. The van der Waals surface area contributed by atoms with Crippen molar-refractivity contribution in [2.75, 3.05) is 0 Å². The highest BCUT2D eigenvalue weighted by molar-refractivity contribution is 6.06. The van der Waals surface area contributed by atoms with Crippen LogP contribution in [0.15, 0.2) is 72.8 Å². The van der Waals surface area contributed by atoms with Gasteiger partial charge in [0.1, 0.15) is 0 Å². The topological polar surface area (TPSA) is 298 Å². The Labute approximate surface area is 297 Å². The molecule has 4 rings (SSSR count). The monoisotopic (exact) mass is 728 g/mol. The van der Waals surface area contributed by atoms with E-state index < -0.39 is 104 Å². The van der Waals surface area contributed by atoms with Crippen LogP contribution < -0.4 is 0 Å². The van der Waals surface area contributed by atoms with Crippen LogP contribution in [0.4, 0.5) is 0 Å². The summed E-state index contributed by atoms with van der Waals surface area (Å²) in [5, 5.41) is 79.3. The number of rotatable bonds is 15.